The van der Waals surface area contributed by atoms with Crippen LogP contribution >= 0.6 is 0 Å². The van der Waals surface area contributed by atoms with E-state index in [9.17, 15) is 9.59 Å². The fourth-order valence-corrected chi connectivity index (χ4v) is 2.35. The molecule has 0 spiro atoms. The smallest absolute Gasteiger partial charge is 0.408 e. The molecule has 6 nitrogen and oxygen atoms in total. The number of nitrogens with one attached hydrogen (secondary N) is 3. The Labute approximate surface area is 153 Å². The maximum absolute atomic E-state index is 12.4. The van der Waals surface area contributed by atoms with E-state index < -0.39 is 12.1 Å². The highest BCUT2D eigenvalue weighted by Gasteiger charge is 2.22. The van der Waals surface area contributed by atoms with Crippen molar-refractivity contribution in [1.29, 1.82) is 0 Å². The summed E-state index contributed by atoms with van der Waals surface area (Å²) in [6.07, 6.45) is -0.114. The highest BCUT2D eigenvalue weighted by Crippen LogP contribution is 2.08. The van der Waals surface area contributed by atoms with Crippen LogP contribution in [0.3, 0.4) is 0 Å². The first-order valence-corrected chi connectivity index (χ1v) is 8.62. The molecule has 138 valence electrons. The van der Waals surface area contributed by atoms with Gasteiger partial charge < -0.3 is 10.1 Å². The van der Waals surface area contributed by atoms with Crippen molar-refractivity contribution in [1.82, 2.24) is 10.7 Å². The van der Waals surface area contributed by atoms with Crippen molar-refractivity contribution in [3.05, 3.63) is 66.2 Å². The van der Waals surface area contributed by atoms with Gasteiger partial charge >= 0.3 is 6.09 Å². The molecule has 2 amide bonds. The second-order valence-electron chi connectivity index (χ2n) is 6.37. The Balaban J connectivity index is 1.86. The van der Waals surface area contributed by atoms with Crippen LogP contribution in [0, 0.1) is 5.92 Å². The number of hydrogen-bond acceptors (Lipinski definition) is 4. The fourth-order valence-electron chi connectivity index (χ4n) is 2.35. The molecule has 6 heteroatoms. The van der Waals surface area contributed by atoms with Crippen LogP contribution in [-0.2, 0) is 16.1 Å². The number of hydrazine groups is 1. The van der Waals surface area contributed by atoms with E-state index in [4.69, 9.17) is 4.74 Å². The van der Waals surface area contributed by atoms with Gasteiger partial charge in [0.1, 0.15) is 12.6 Å². The molecule has 2 aromatic rings. The van der Waals surface area contributed by atoms with E-state index in [-0.39, 0.29) is 18.4 Å². The molecule has 0 radical (unpaired) electrons. The zero-order valence-electron chi connectivity index (χ0n) is 15.1. The van der Waals surface area contributed by atoms with E-state index in [2.05, 4.69) is 16.2 Å². The zero-order valence-corrected chi connectivity index (χ0v) is 15.1. The molecule has 0 bridgehead atoms. The van der Waals surface area contributed by atoms with Gasteiger partial charge in [0.05, 0.1) is 5.69 Å². The largest absolute Gasteiger partial charge is 0.445 e. The van der Waals surface area contributed by atoms with Gasteiger partial charge in [0.25, 0.3) is 5.91 Å². The normalized spacial score (nSPS) is 11.5. The van der Waals surface area contributed by atoms with Crippen LogP contribution in [0.1, 0.15) is 25.8 Å². The maximum atomic E-state index is 12.4. The molecule has 2 aromatic carbocycles. The quantitative estimate of drug-likeness (QED) is 0.634. The van der Waals surface area contributed by atoms with Crippen LogP contribution in [-0.4, -0.2) is 18.0 Å². The lowest BCUT2D eigenvalue weighted by atomic mass is 10.0. The maximum Gasteiger partial charge on any atom is 0.408 e. The van der Waals surface area contributed by atoms with E-state index in [0.29, 0.717) is 6.42 Å². The first kappa shape index (κ1) is 19.3. The number of anilines is 1. The number of carbonyl (C=O) groups is 2. The SMILES string of the molecule is CC(C)C[C@H](NC(=O)OCc1ccccc1)C(=O)NNc1ccccc1. The minimum absolute atomic E-state index is 0.158. The monoisotopic (exact) mass is 355 g/mol. The number of benzene rings is 2. The highest BCUT2D eigenvalue weighted by molar-refractivity contribution is 5.86. The molecule has 0 unspecified atom stereocenters. The minimum atomic E-state index is -0.686. The number of alkyl carbamates (subject to hydrolysis) is 1. The van der Waals surface area contributed by atoms with Crippen molar-refractivity contribution in [3.63, 3.8) is 0 Å². The van der Waals surface area contributed by atoms with Crippen LogP contribution in [0.15, 0.2) is 60.7 Å². The molecular formula is C20H25N3O3. The lowest BCUT2D eigenvalue weighted by molar-refractivity contribution is -0.123. The summed E-state index contributed by atoms with van der Waals surface area (Å²) in [5.74, 6) is -0.0869. The fraction of sp³-hybridized carbons (Fsp3) is 0.300. The summed E-state index contributed by atoms with van der Waals surface area (Å²) < 4.78 is 5.20. The molecule has 0 aliphatic carbocycles. The molecule has 0 fully saturated rings. The number of ether oxygens (including phenoxy) is 1. The van der Waals surface area contributed by atoms with Gasteiger partial charge in [0.15, 0.2) is 0 Å². The van der Waals surface area contributed by atoms with E-state index in [1.165, 1.54) is 0 Å². The van der Waals surface area contributed by atoms with Crippen molar-refractivity contribution >= 4 is 17.7 Å². The highest BCUT2D eigenvalue weighted by atomic mass is 16.5. The molecule has 26 heavy (non-hydrogen) atoms. The van der Waals surface area contributed by atoms with E-state index in [1.54, 1.807) is 0 Å². The third-order valence-electron chi connectivity index (χ3n) is 3.63. The summed E-state index contributed by atoms with van der Waals surface area (Å²) in [5.41, 5.74) is 7.11. The van der Waals surface area contributed by atoms with E-state index in [1.807, 2.05) is 74.5 Å². The summed E-state index contributed by atoms with van der Waals surface area (Å²) in [5, 5.41) is 2.64. The minimum Gasteiger partial charge on any atom is -0.445 e. The Morgan fingerprint density at radius 1 is 0.962 bits per heavy atom. The molecule has 2 rings (SSSR count). The summed E-state index contributed by atoms with van der Waals surface area (Å²) in [7, 11) is 0. The Morgan fingerprint density at radius 2 is 1.58 bits per heavy atom. The number of hydrogen-bond donors (Lipinski definition) is 3. The predicted octanol–water partition coefficient (Wildman–Crippen LogP) is 3.47. The molecule has 0 aliphatic rings. The van der Waals surface area contributed by atoms with Crippen molar-refractivity contribution in [3.8, 4) is 0 Å². The second-order valence-corrected chi connectivity index (χ2v) is 6.37. The van der Waals surface area contributed by atoms with Gasteiger partial charge in [-0.1, -0.05) is 62.4 Å². The van der Waals surface area contributed by atoms with Crippen LogP contribution in [0.2, 0.25) is 0 Å². The van der Waals surface area contributed by atoms with Gasteiger partial charge in [-0.05, 0) is 30.0 Å². The van der Waals surface area contributed by atoms with Crippen molar-refractivity contribution in [2.24, 2.45) is 5.92 Å². The summed E-state index contributed by atoms with van der Waals surface area (Å²) >= 11 is 0. The average molecular weight is 355 g/mol. The van der Waals surface area contributed by atoms with Crippen molar-refractivity contribution in [2.45, 2.75) is 32.9 Å². The Morgan fingerprint density at radius 3 is 2.19 bits per heavy atom. The molecule has 0 heterocycles. The lowest BCUT2D eigenvalue weighted by Gasteiger charge is -2.20. The number of carbonyl (C=O) groups excluding carboxylic acids is 2. The van der Waals surface area contributed by atoms with Gasteiger partial charge in [-0.25, -0.2) is 4.79 Å². The van der Waals surface area contributed by atoms with Gasteiger partial charge in [-0.15, -0.1) is 0 Å². The molecule has 0 saturated heterocycles. The standard InChI is InChI=1S/C20H25N3O3/c1-15(2)13-18(19(24)23-22-17-11-7-4-8-12-17)21-20(25)26-14-16-9-5-3-6-10-16/h3-12,15,18,22H,13-14H2,1-2H3,(H,21,25)(H,23,24)/t18-/m0/s1. The number of amides is 2. The molecule has 0 aliphatic heterocycles. The molecule has 3 N–H and O–H groups in total. The Bertz CT molecular complexity index is 690. The number of para-hydroxylation sites is 1. The van der Waals surface area contributed by atoms with E-state index in [0.717, 1.165) is 11.3 Å². The first-order valence-electron chi connectivity index (χ1n) is 8.62. The van der Waals surface area contributed by atoms with Crippen molar-refractivity contribution in [2.75, 3.05) is 5.43 Å². The van der Waals surface area contributed by atoms with Crippen LogP contribution in [0.25, 0.3) is 0 Å². The van der Waals surface area contributed by atoms with Gasteiger partial charge in [0.2, 0.25) is 0 Å². The Kier molecular flexibility index (Phi) is 7.49. The molecule has 1 atom stereocenters. The summed E-state index contributed by atoms with van der Waals surface area (Å²) in [4.78, 5) is 24.5. The third kappa shape index (κ3) is 6.84. The second kappa shape index (κ2) is 10.1. The van der Waals surface area contributed by atoms with Crippen LogP contribution in [0.5, 0.6) is 0 Å². The van der Waals surface area contributed by atoms with E-state index >= 15 is 0 Å². The summed E-state index contributed by atoms with van der Waals surface area (Å²) in [6.45, 7) is 4.13. The van der Waals surface area contributed by atoms with Gasteiger partial charge in [-0.2, -0.15) is 0 Å². The first-order chi connectivity index (χ1) is 12.5. The average Bonchev–Trinajstić information content (AvgIpc) is 2.65. The predicted molar refractivity (Wildman–Crippen MR) is 101 cm³/mol. The zero-order chi connectivity index (χ0) is 18.8. The Hall–Kier alpha value is -3.02. The van der Waals surface area contributed by atoms with Gasteiger partial charge in [-0.3, -0.25) is 15.6 Å². The topological polar surface area (TPSA) is 79.5 Å². The molecular weight excluding hydrogens is 330 g/mol. The molecule has 0 saturated carbocycles. The van der Waals surface area contributed by atoms with Crippen LogP contribution < -0.4 is 16.2 Å². The van der Waals surface area contributed by atoms with Gasteiger partial charge in [0, 0.05) is 0 Å². The number of rotatable bonds is 8. The van der Waals surface area contributed by atoms with Crippen molar-refractivity contribution < 1.29 is 14.3 Å². The third-order valence-corrected chi connectivity index (χ3v) is 3.63. The molecule has 0 aromatic heterocycles. The lowest BCUT2D eigenvalue weighted by Crippen LogP contribution is -2.49. The summed E-state index contributed by atoms with van der Waals surface area (Å²) in [6, 6.07) is 18.0. The van der Waals surface area contributed by atoms with Crippen LogP contribution in [0.4, 0.5) is 10.5 Å².